The number of hydrogen-bond acceptors (Lipinski definition) is 4. The van der Waals surface area contributed by atoms with Gasteiger partial charge in [0.2, 0.25) is 0 Å². The van der Waals surface area contributed by atoms with E-state index in [4.69, 9.17) is 0 Å². The van der Waals surface area contributed by atoms with Crippen molar-refractivity contribution < 1.29 is 0 Å². The van der Waals surface area contributed by atoms with E-state index in [1.807, 2.05) is 48.3 Å². The quantitative estimate of drug-likeness (QED) is 0.789. The van der Waals surface area contributed by atoms with Gasteiger partial charge in [-0.05, 0) is 31.5 Å². The molecule has 0 radical (unpaired) electrons. The monoisotopic (exact) mass is 267 g/mol. The minimum Gasteiger partial charge on any atom is -0.364 e. The maximum Gasteiger partial charge on any atom is 0.145 e. The molecule has 20 heavy (non-hydrogen) atoms. The van der Waals surface area contributed by atoms with Crippen LogP contribution in [0.15, 0.2) is 42.9 Å². The number of rotatable bonds is 4. The van der Waals surface area contributed by atoms with Gasteiger partial charge in [-0.25, -0.2) is 4.98 Å². The summed E-state index contributed by atoms with van der Waals surface area (Å²) in [4.78, 5) is 8.96. The molecule has 5 heteroatoms. The lowest BCUT2D eigenvalue weighted by molar-refractivity contribution is 0.559. The van der Waals surface area contributed by atoms with Gasteiger partial charge >= 0.3 is 0 Å². The molecule has 0 fully saturated rings. The molecule has 0 spiro atoms. The van der Waals surface area contributed by atoms with Crippen LogP contribution in [-0.2, 0) is 6.54 Å². The molecule has 0 saturated carbocycles. The van der Waals surface area contributed by atoms with Crippen molar-refractivity contribution in [2.24, 2.45) is 0 Å². The summed E-state index contributed by atoms with van der Waals surface area (Å²) in [5.74, 6) is 0.792. The van der Waals surface area contributed by atoms with E-state index in [2.05, 4.69) is 27.3 Å². The Hall–Kier alpha value is -2.43. The second kappa shape index (κ2) is 5.28. The molecule has 0 bridgehead atoms. The molecule has 1 N–H and O–H groups in total. The molecule has 102 valence electrons. The Morgan fingerprint density at radius 2 is 2.00 bits per heavy atom. The zero-order valence-corrected chi connectivity index (χ0v) is 11.6. The van der Waals surface area contributed by atoms with Crippen LogP contribution in [0.2, 0.25) is 0 Å². The first kappa shape index (κ1) is 12.6. The molecule has 0 unspecified atom stereocenters. The maximum absolute atomic E-state index is 4.56. The summed E-state index contributed by atoms with van der Waals surface area (Å²) in [5.41, 5.74) is 2.98. The molecule has 0 aliphatic heterocycles. The summed E-state index contributed by atoms with van der Waals surface area (Å²) in [7, 11) is 0. The molecule has 5 nitrogen and oxygen atoms in total. The van der Waals surface area contributed by atoms with Crippen LogP contribution in [0.25, 0.3) is 11.0 Å². The number of benzene rings is 1. The van der Waals surface area contributed by atoms with Gasteiger partial charge in [-0.3, -0.25) is 9.67 Å². The number of aromatic nitrogens is 4. The Labute approximate surface area is 117 Å². The van der Waals surface area contributed by atoms with Crippen molar-refractivity contribution in [1.29, 1.82) is 0 Å². The van der Waals surface area contributed by atoms with Crippen molar-refractivity contribution in [3.63, 3.8) is 0 Å². The van der Waals surface area contributed by atoms with E-state index in [1.54, 1.807) is 6.20 Å². The summed E-state index contributed by atoms with van der Waals surface area (Å²) in [5, 5.41) is 7.65. The first-order chi connectivity index (χ1) is 9.70. The third-order valence-corrected chi connectivity index (χ3v) is 3.07. The summed E-state index contributed by atoms with van der Waals surface area (Å²) in [6.07, 6.45) is 5.67. The molecule has 0 saturated heterocycles. The van der Waals surface area contributed by atoms with Crippen molar-refractivity contribution >= 4 is 16.9 Å². The van der Waals surface area contributed by atoms with Gasteiger partial charge in [0, 0.05) is 12.2 Å². The summed E-state index contributed by atoms with van der Waals surface area (Å²) in [6.45, 7) is 4.94. The maximum atomic E-state index is 4.56. The fourth-order valence-electron chi connectivity index (χ4n) is 2.17. The molecule has 3 rings (SSSR count). The average molecular weight is 267 g/mol. The van der Waals surface area contributed by atoms with Gasteiger partial charge in [-0.1, -0.05) is 12.1 Å². The SMILES string of the molecule is Cc1cnn(C[C@H](C)Nc2cnc3ccccc3n2)c1. The van der Waals surface area contributed by atoms with Crippen molar-refractivity contribution in [3.8, 4) is 0 Å². The highest BCUT2D eigenvalue weighted by molar-refractivity contribution is 5.75. The first-order valence-electron chi connectivity index (χ1n) is 6.68. The summed E-state index contributed by atoms with van der Waals surface area (Å²) in [6, 6.07) is 8.09. The van der Waals surface area contributed by atoms with E-state index in [9.17, 15) is 0 Å². The van der Waals surface area contributed by atoms with E-state index in [0.717, 1.165) is 23.4 Å². The van der Waals surface area contributed by atoms with Gasteiger partial charge in [-0.15, -0.1) is 0 Å². The Morgan fingerprint density at radius 1 is 1.20 bits per heavy atom. The number of nitrogens with zero attached hydrogens (tertiary/aromatic N) is 4. The number of fused-ring (bicyclic) bond motifs is 1. The Kier molecular flexibility index (Phi) is 3.33. The lowest BCUT2D eigenvalue weighted by Gasteiger charge is -2.14. The zero-order chi connectivity index (χ0) is 13.9. The standard InChI is InChI=1S/C15H17N5/c1-11-7-17-20(9-11)10-12(2)18-15-8-16-13-5-3-4-6-14(13)19-15/h3-9,12H,10H2,1-2H3,(H,18,19)/t12-/m0/s1. The highest BCUT2D eigenvalue weighted by atomic mass is 15.3. The molecular formula is C15H17N5. The molecule has 3 aromatic rings. The second-order valence-electron chi connectivity index (χ2n) is 5.03. The predicted molar refractivity (Wildman–Crippen MR) is 79.6 cm³/mol. The van der Waals surface area contributed by atoms with Crippen molar-refractivity contribution in [2.75, 3.05) is 5.32 Å². The van der Waals surface area contributed by atoms with Crippen molar-refractivity contribution in [3.05, 3.63) is 48.4 Å². The van der Waals surface area contributed by atoms with Gasteiger partial charge in [0.1, 0.15) is 5.82 Å². The molecule has 1 atom stereocenters. The highest BCUT2D eigenvalue weighted by Crippen LogP contribution is 2.12. The van der Waals surface area contributed by atoms with Crippen LogP contribution in [0.5, 0.6) is 0 Å². The number of anilines is 1. The minimum absolute atomic E-state index is 0.227. The van der Waals surface area contributed by atoms with Crippen LogP contribution in [-0.4, -0.2) is 25.8 Å². The lowest BCUT2D eigenvalue weighted by Crippen LogP contribution is -2.22. The minimum atomic E-state index is 0.227. The predicted octanol–water partition coefficient (Wildman–Crippen LogP) is 2.64. The van der Waals surface area contributed by atoms with E-state index < -0.39 is 0 Å². The van der Waals surface area contributed by atoms with Crippen LogP contribution >= 0.6 is 0 Å². The topological polar surface area (TPSA) is 55.6 Å². The van der Waals surface area contributed by atoms with E-state index in [1.165, 1.54) is 5.56 Å². The summed E-state index contributed by atoms with van der Waals surface area (Å²) >= 11 is 0. The number of aryl methyl sites for hydroxylation is 1. The van der Waals surface area contributed by atoms with Gasteiger partial charge in [-0.2, -0.15) is 5.10 Å². The van der Waals surface area contributed by atoms with Crippen LogP contribution in [0.3, 0.4) is 0 Å². The third-order valence-electron chi connectivity index (χ3n) is 3.07. The smallest absolute Gasteiger partial charge is 0.145 e. The number of para-hydroxylation sites is 2. The number of nitrogens with one attached hydrogen (secondary N) is 1. The lowest BCUT2D eigenvalue weighted by atomic mass is 10.3. The largest absolute Gasteiger partial charge is 0.364 e. The molecule has 0 aliphatic rings. The van der Waals surface area contributed by atoms with Gasteiger partial charge in [0.15, 0.2) is 0 Å². The van der Waals surface area contributed by atoms with Gasteiger partial charge < -0.3 is 5.32 Å². The fraction of sp³-hybridized carbons (Fsp3) is 0.267. The van der Waals surface area contributed by atoms with Crippen LogP contribution in [0.4, 0.5) is 5.82 Å². The Morgan fingerprint density at radius 3 is 2.75 bits per heavy atom. The van der Waals surface area contributed by atoms with Gasteiger partial charge in [0.25, 0.3) is 0 Å². The highest BCUT2D eigenvalue weighted by Gasteiger charge is 2.06. The number of hydrogen-bond donors (Lipinski definition) is 1. The molecule has 1 aromatic carbocycles. The van der Waals surface area contributed by atoms with Crippen molar-refractivity contribution in [1.82, 2.24) is 19.7 Å². The van der Waals surface area contributed by atoms with E-state index in [0.29, 0.717) is 0 Å². The third kappa shape index (κ3) is 2.77. The van der Waals surface area contributed by atoms with Crippen LogP contribution < -0.4 is 5.32 Å². The van der Waals surface area contributed by atoms with Crippen LogP contribution in [0.1, 0.15) is 12.5 Å². The zero-order valence-electron chi connectivity index (χ0n) is 11.6. The van der Waals surface area contributed by atoms with Crippen LogP contribution in [0, 0.1) is 6.92 Å². The Balaban J connectivity index is 1.72. The first-order valence-corrected chi connectivity index (χ1v) is 6.68. The van der Waals surface area contributed by atoms with Gasteiger partial charge in [0.05, 0.1) is 30.0 Å². The normalized spacial score (nSPS) is 12.5. The average Bonchev–Trinajstić information content (AvgIpc) is 2.83. The molecule has 0 aliphatic carbocycles. The Bertz CT molecular complexity index is 719. The molecule has 2 heterocycles. The van der Waals surface area contributed by atoms with E-state index in [-0.39, 0.29) is 6.04 Å². The van der Waals surface area contributed by atoms with E-state index >= 15 is 0 Å². The second-order valence-corrected chi connectivity index (χ2v) is 5.03. The van der Waals surface area contributed by atoms with Crippen molar-refractivity contribution in [2.45, 2.75) is 26.4 Å². The molecule has 2 aromatic heterocycles. The fourth-order valence-corrected chi connectivity index (χ4v) is 2.17. The molecular weight excluding hydrogens is 250 g/mol. The molecule has 0 amide bonds. The summed E-state index contributed by atoms with van der Waals surface area (Å²) < 4.78 is 1.93.